The molecule has 3 rings (SSSR count). The Morgan fingerprint density at radius 2 is 1.59 bits per heavy atom. The largest absolute Gasteiger partial charge is 0.399 e. The van der Waals surface area contributed by atoms with Crippen molar-refractivity contribution in [2.45, 2.75) is 25.7 Å². The van der Waals surface area contributed by atoms with E-state index in [0.717, 1.165) is 25.3 Å². The first kappa shape index (κ1) is 15.2. The summed E-state index contributed by atoms with van der Waals surface area (Å²) in [6.07, 6.45) is 5.21. The molecule has 4 heteroatoms. The highest BCUT2D eigenvalue weighted by Gasteiger charge is 2.37. The second kappa shape index (κ2) is 6.58. The zero-order valence-electron chi connectivity index (χ0n) is 13.3. The van der Waals surface area contributed by atoms with Crippen LogP contribution >= 0.6 is 0 Å². The number of hydrogen-bond donors (Lipinski definition) is 1. The highest BCUT2D eigenvalue weighted by Crippen LogP contribution is 2.42. The van der Waals surface area contributed by atoms with Gasteiger partial charge in [-0.1, -0.05) is 0 Å². The van der Waals surface area contributed by atoms with Crippen LogP contribution < -0.4 is 10.6 Å². The van der Waals surface area contributed by atoms with E-state index in [9.17, 15) is 0 Å². The van der Waals surface area contributed by atoms with Gasteiger partial charge in [-0.2, -0.15) is 0 Å². The van der Waals surface area contributed by atoms with Gasteiger partial charge in [0.1, 0.15) is 0 Å². The SMILES string of the molecule is [C-]#[N+]CCN1CCC2(CC1)CCN(c1ccc(N)cc1)CC2. The molecule has 0 atom stereocenters. The van der Waals surface area contributed by atoms with Gasteiger partial charge in [-0.15, -0.1) is 0 Å². The van der Waals surface area contributed by atoms with Gasteiger partial charge < -0.3 is 15.5 Å². The van der Waals surface area contributed by atoms with Crippen LogP contribution in [0.5, 0.6) is 0 Å². The highest BCUT2D eigenvalue weighted by atomic mass is 15.2. The molecule has 0 unspecified atom stereocenters. The van der Waals surface area contributed by atoms with E-state index in [1.165, 1.54) is 44.5 Å². The van der Waals surface area contributed by atoms with Crippen molar-refractivity contribution in [3.05, 3.63) is 35.7 Å². The molecule has 1 aromatic rings. The molecule has 4 nitrogen and oxygen atoms in total. The fourth-order valence-corrected chi connectivity index (χ4v) is 3.87. The predicted molar refractivity (Wildman–Crippen MR) is 91.9 cm³/mol. The Balaban J connectivity index is 1.52. The molecule has 22 heavy (non-hydrogen) atoms. The van der Waals surface area contributed by atoms with Crippen molar-refractivity contribution in [1.29, 1.82) is 0 Å². The van der Waals surface area contributed by atoms with Gasteiger partial charge in [-0.25, -0.2) is 6.57 Å². The van der Waals surface area contributed by atoms with E-state index >= 15 is 0 Å². The third-order valence-electron chi connectivity index (χ3n) is 5.53. The Kier molecular flexibility index (Phi) is 4.54. The quantitative estimate of drug-likeness (QED) is 0.688. The minimum absolute atomic E-state index is 0.554. The van der Waals surface area contributed by atoms with Crippen LogP contribution in [0.1, 0.15) is 25.7 Å². The summed E-state index contributed by atoms with van der Waals surface area (Å²) in [6.45, 7) is 13.2. The summed E-state index contributed by atoms with van der Waals surface area (Å²) in [5.41, 5.74) is 8.47. The molecular weight excluding hydrogens is 272 g/mol. The molecule has 0 radical (unpaired) electrons. The van der Waals surface area contributed by atoms with Crippen LogP contribution in [0.4, 0.5) is 11.4 Å². The van der Waals surface area contributed by atoms with Gasteiger partial charge in [-0.3, -0.25) is 4.90 Å². The fourth-order valence-electron chi connectivity index (χ4n) is 3.87. The molecule has 2 heterocycles. The van der Waals surface area contributed by atoms with Gasteiger partial charge in [0.05, 0.1) is 6.54 Å². The van der Waals surface area contributed by atoms with Crippen LogP contribution in [-0.2, 0) is 0 Å². The molecule has 0 saturated carbocycles. The number of rotatable bonds is 3. The van der Waals surface area contributed by atoms with E-state index in [2.05, 4.69) is 26.8 Å². The second-order valence-electron chi connectivity index (χ2n) is 6.80. The first-order valence-electron chi connectivity index (χ1n) is 8.37. The van der Waals surface area contributed by atoms with Gasteiger partial charge in [0, 0.05) is 24.5 Å². The number of piperidine rings is 2. The molecule has 0 amide bonds. The number of nitrogen functional groups attached to an aromatic ring is 1. The standard InChI is InChI=1S/C18H26N4/c1-20-10-15-21-11-6-18(7-12-21)8-13-22(14-9-18)17-4-2-16(19)3-5-17/h2-5H,6-15,19H2. The Hall–Kier alpha value is -1.73. The third-order valence-corrected chi connectivity index (χ3v) is 5.53. The van der Waals surface area contributed by atoms with E-state index in [0.29, 0.717) is 12.0 Å². The topological polar surface area (TPSA) is 36.9 Å². The number of nitrogens with two attached hydrogens (primary N) is 1. The monoisotopic (exact) mass is 298 g/mol. The maximum Gasteiger partial charge on any atom is 0.227 e. The van der Waals surface area contributed by atoms with Crippen LogP contribution in [-0.4, -0.2) is 44.2 Å². The molecule has 2 aliphatic heterocycles. The molecule has 2 saturated heterocycles. The maximum atomic E-state index is 6.91. The lowest BCUT2D eigenvalue weighted by Crippen LogP contribution is -2.47. The lowest BCUT2D eigenvalue weighted by molar-refractivity contribution is 0.0827. The Morgan fingerprint density at radius 3 is 2.18 bits per heavy atom. The van der Waals surface area contributed by atoms with Crippen LogP contribution in [0, 0.1) is 12.0 Å². The normalized spacial score (nSPS) is 21.7. The van der Waals surface area contributed by atoms with Crippen molar-refractivity contribution >= 4 is 11.4 Å². The average molecular weight is 298 g/mol. The van der Waals surface area contributed by atoms with E-state index in [-0.39, 0.29) is 0 Å². The van der Waals surface area contributed by atoms with E-state index in [1.807, 2.05) is 12.1 Å². The van der Waals surface area contributed by atoms with Crippen molar-refractivity contribution in [3.63, 3.8) is 0 Å². The summed E-state index contributed by atoms with van der Waals surface area (Å²) in [6, 6.07) is 8.27. The summed E-state index contributed by atoms with van der Waals surface area (Å²) >= 11 is 0. The minimum Gasteiger partial charge on any atom is -0.399 e. The van der Waals surface area contributed by atoms with Gasteiger partial charge in [0.15, 0.2) is 0 Å². The summed E-state index contributed by atoms with van der Waals surface area (Å²) in [5, 5.41) is 0. The van der Waals surface area contributed by atoms with E-state index < -0.39 is 0 Å². The van der Waals surface area contributed by atoms with Crippen LogP contribution in [0.3, 0.4) is 0 Å². The van der Waals surface area contributed by atoms with Crippen molar-refractivity contribution < 1.29 is 0 Å². The Bertz CT molecular complexity index is 513. The first-order chi connectivity index (χ1) is 10.7. The minimum atomic E-state index is 0.554. The number of benzene rings is 1. The van der Waals surface area contributed by atoms with Crippen LogP contribution in [0.25, 0.3) is 4.85 Å². The van der Waals surface area contributed by atoms with Gasteiger partial charge >= 0.3 is 0 Å². The second-order valence-corrected chi connectivity index (χ2v) is 6.80. The highest BCUT2D eigenvalue weighted by molar-refractivity contribution is 5.53. The van der Waals surface area contributed by atoms with Crippen LogP contribution in [0.15, 0.2) is 24.3 Å². The van der Waals surface area contributed by atoms with Crippen molar-refractivity contribution in [3.8, 4) is 0 Å². The summed E-state index contributed by atoms with van der Waals surface area (Å²) < 4.78 is 0. The fraction of sp³-hybridized carbons (Fsp3) is 0.611. The molecule has 2 aliphatic rings. The van der Waals surface area contributed by atoms with Crippen molar-refractivity contribution in [1.82, 2.24) is 4.90 Å². The third kappa shape index (κ3) is 3.36. The molecule has 118 valence electrons. The molecule has 0 aromatic heterocycles. The van der Waals surface area contributed by atoms with Crippen molar-refractivity contribution in [2.24, 2.45) is 5.41 Å². The number of likely N-dealkylation sites (tertiary alicyclic amines) is 1. The van der Waals surface area contributed by atoms with Gasteiger partial charge in [-0.05, 0) is 68.5 Å². The smallest absolute Gasteiger partial charge is 0.227 e. The number of nitrogens with zero attached hydrogens (tertiary/aromatic N) is 3. The zero-order chi connectivity index (χ0) is 15.4. The molecule has 0 bridgehead atoms. The molecule has 2 fully saturated rings. The molecule has 0 aliphatic carbocycles. The van der Waals surface area contributed by atoms with Crippen LogP contribution in [0.2, 0.25) is 0 Å². The van der Waals surface area contributed by atoms with Gasteiger partial charge in [0.2, 0.25) is 6.54 Å². The van der Waals surface area contributed by atoms with Gasteiger partial charge in [0.25, 0.3) is 0 Å². The van der Waals surface area contributed by atoms with E-state index in [4.69, 9.17) is 12.3 Å². The number of anilines is 2. The molecular formula is C18H26N4. The van der Waals surface area contributed by atoms with E-state index in [1.54, 1.807) is 0 Å². The zero-order valence-corrected chi connectivity index (χ0v) is 13.3. The lowest BCUT2D eigenvalue weighted by Gasteiger charge is -2.47. The number of hydrogen-bond acceptors (Lipinski definition) is 3. The van der Waals surface area contributed by atoms with Crippen molar-refractivity contribution in [2.75, 3.05) is 49.9 Å². The summed E-state index contributed by atoms with van der Waals surface area (Å²) in [7, 11) is 0. The summed E-state index contributed by atoms with van der Waals surface area (Å²) in [5.74, 6) is 0. The predicted octanol–water partition coefficient (Wildman–Crippen LogP) is 2.87. The maximum absolute atomic E-state index is 6.91. The Morgan fingerprint density at radius 1 is 1.00 bits per heavy atom. The molecule has 2 N–H and O–H groups in total. The lowest BCUT2D eigenvalue weighted by atomic mass is 9.71. The average Bonchev–Trinajstić information content (AvgIpc) is 2.56. The summed E-state index contributed by atoms with van der Waals surface area (Å²) in [4.78, 5) is 8.44. The molecule has 1 spiro atoms. The molecule has 1 aromatic carbocycles. The Labute approximate surface area is 133 Å². The first-order valence-corrected chi connectivity index (χ1v) is 8.37.